The van der Waals surface area contributed by atoms with Gasteiger partial charge in [0, 0.05) is 37.7 Å². The molecule has 3 fully saturated rings. The van der Waals surface area contributed by atoms with Gasteiger partial charge in [-0.3, -0.25) is 19.2 Å². The summed E-state index contributed by atoms with van der Waals surface area (Å²) in [6.45, 7) is 10.1. The first-order valence-electron chi connectivity index (χ1n) is 29.4. The van der Waals surface area contributed by atoms with Gasteiger partial charge in [-0.25, -0.2) is 14.4 Å². The first kappa shape index (κ1) is 63.6. The molecule has 1 aliphatic heterocycles. The van der Waals surface area contributed by atoms with Crippen LogP contribution in [0.1, 0.15) is 171 Å². The van der Waals surface area contributed by atoms with E-state index >= 15 is 9.59 Å². The molecule has 17 nitrogen and oxygen atoms in total. The van der Waals surface area contributed by atoms with Gasteiger partial charge in [-0.1, -0.05) is 150 Å². The highest BCUT2D eigenvalue weighted by Gasteiger charge is 2.78. The Morgan fingerprint density at radius 2 is 1.34 bits per heavy atom. The molecule has 0 aromatic heterocycles. The zero-order chi connectivity index (χ0) is 60.0. The highest BCUT2D eigenvalue weighted by Crippen LogP contribution is 2.64. The number of hydrogen-bond donors (Lipinski definition) is 3. The Hall–Kier alpha value is -6.95. The average molecular weight is 1150 g/mol. The van der Waals surface area contributed by atoms with Gasteiger partial charge >= 0.3 is 30.0 Å². The van der Waals surface area contributed by atoms with E-state index in [9.17, 15) is 34.2 Å². The third kappa shape index (κ3) is 14.4. The van der Waals surface area contributed by atoms with Crippen LogP contribution in [0.3, 0.4) is 0 Å². The minimum atomic E-state index is -2.47. The van der Waals surface area contributed by atoms with Crippen LogP contribution in [-0.4, -0.2) is 113 Å². The molecule has 3 aliphatic carbocycles. The zero-order valence-electron chi connectivity index (χ0n) is 49.0. The van der Waals surface area contributed by atoms with Crippen molar-refractivity contribution >= 4 is 41.7 Å². The number of hydrogen-bond acceptors (Lipinski definition) is 16. The van der Waals surface area contributed by atoms with Crippen molar-refractivity contribution in [1.82, 2.24) is 5.32 Å². The second-order valence-corrected chi connectivity index (χ2v) is 23.1. The van der Waals surface area contributed by atoms with E-state index in [1.807, 2.05) is 0 Å². The predicted octanol–water partition coefficient (Wildman–Crippen LogP) is 10.7. The van der Waals surface area contributed by atoms with Crippen molar-refractivity contribution in [3.8, 4) is 0 Å². The third-order valence-corrected chi connectivity index (χ3v) is 17.2. The lowest BCUT2D eigenvalue weighted by Gasteiger charge is -2.67. The molecule has 1 amide bonds. The number of Topliss-reactive ketones (excluding diaryl/α,β-unsaturated/α-hetero) is 1. The molecule has 3 aromatic rings. The highest BCUT2D eigenvalue weighted by molar-refractivity contribution is 5.96. The summed E-state index contributed by atoms with van der Waals surface area (Å²) < 4.78 is 42.6. The van der Waals surface area contributed by atoms with Gasteiger partial charge in [-0.05, 0) is 93.3 Å². The maximum absolute atomic E-state index is 15.8. The number of carbonyl (C=O) groups is 7. The van der Waals surface area contributed by atoms with Gasteiger partial charge in [0.25, 0.3) is 5.91 Å². The molecule has 4 aliphatic rings. The van der Waals surface area contributed by atoms with Gasteiger partial charge in [-0.15, -0.1) is 0 Å². The molecule has 3 N–H and O–H groups in total. The number of nitrogens with one attached hydrogen (secondary N) is 1. The molecule has 83 heavy (non-hydrogen) atoms. The average Bonchev–Trinajstić information content (AvgIpc) is 0.824. The van der Waals surface area contributed by atoms with E-state index in [2.05, 4.69) is 36.5 Å². The van der Waals surface area contributed by atoms with E-state index in [-0.39, 0.29) is 41.9 Å². The standard InChI is InChI=1S/C66H83NO16/c1-8-9-10-11-12-13-14-15-16-17-18-19-20-21-22-32-39-77-62(75)81-55(53(46-33-26-23-27-34-46)67-59(72)47-35-28-24-29-36-47)61(74)80-49-41-66(76)58(82-60(73)48-37-30-25-31-38-48)56-64(7,50(70)40-51-65(56,42-78-51)83-45(4)69)57(71)54(79-44(3)68)52(43(49)2)63(66,5)6/h12-13,15-16,23-31,33-38,49-51,53-56,58,70,76H,8-11,14,17-22,32,39-42H2,1-7H3,(H,67,72)/b13-12-,16-15-/t49?,50-,51+,53?,54+,55+,56-,58-,64+,65-,66+/m0/s1. The van der Waals surface area contributed by atoms with Gasteiger partial charge in [0.05, 0.1) is 36.2 Å². The van der Waals surface area contributed by atoms with Crippen LogP contribution in [0.15, 0.2) is 126 Å². The van der Waals surface area contributed by atoms with Crippen LogP contribution in [0.5, 0.6) is 0 Å². The molecule has 448 valence electrons. The number of fused-ring (bicyclic) bond motifs is 5. The summed E-state index contributed by atoms with van der Waals surface area (Å²) in [6.07, 6.45) is 8.94. The van der Waals surface area contributed by atoms with Crippen molar-refractivity contribution in [3.05, 3.63) is 143 Å². The number of allylic oxidation sites excluding steroid dienone is 4. The van der Waals surface area contributed by atoms with E-state index in [0.717, 1.165) is 65.2 Å². The van der Waals surface area contributed by atoms with Crippen molar-refractivity contribution in [2.75, 3.05) is 13.2 Å². The Balaban J connectivity index is 1.21. The Labute approximate surface area is 487 Å². The first-order valence-corrected chi connectivity index (χ1v) is 29.4. The smallest absolute Gasteiger partial charge is 0.455 e. The third-order valence-electron chi connectivity index (χ3n) is 17.2. The quantitative estimate of drug-likeness (QED) is 0.0293. The molecule has 7 rings (SSSR count). The second kappa shape index (κ2) is 28.6. The summed E-state index contributed by atoms with van der Waals surface area (Å²) >= 11 is 0. The van der Waals surface area contributed by atoms with Gasteiger partial charge in [0.2, 0.25) is 6.10 Å². The molecule has 17 heteroatoms. The monoisotopic (exact) mass is 1150 g/mol. The SMILES string of the molecule is CCCCC/C=C\C/C=C\CCCCCCCCOC(=O)O[C@@H](C(=O)OC1C[C@@]2(O)[C@@H](OC(=O)c3ccccc3)[C@@H]3[C@]4(OC(C)=O)CO[C@@H]4C[C@H](O)[C@@]3(C)C(=O)[C@H](OC(C)=O)C(=C1C)C2(C)C)C(NC(=O)c1ccccc1)c1ccccc1. The van der Waals surface area contributed by atoms with Gasteiger partial charge in [0.15, 0.2) is 17.5 Å². The summed E-state index contributed by atoms with van der Waals surface area (Å²) in [5, 5.41) is 29.2. The Morgan fingerprint density at radius 3 is 1.93 bits per heavy atom. The second-order valence-electron chi connectivity index (χ2n) is 23.1. The minimum absolute atomic E-state index is 0.0347. The number of ketones is 1. The Bertz CT molecular complexity index is 2830. The van der Waals surface area contributed by atoms with Gasteiger partial charge < -0.3 is 48.7 Å². The van der Waals surface area contributed by atoms with E-state index < -0.39 is 119 Å². The van der Waals surface area contributed by atoms with E-state index in [0.29, 0.717) is 12.0 Å². The van der Waals surface area contributed by atoms with E-state index in [4.69, 9.17) is 33.2 Å². The number of unbranched alkanes of at least 4 members (excludes halogenated alkanes) is 9. The van der Waals surface area contributed by atoms with Crippen LogP contribution in [0.2, 0.25) is 0 Å². The molecule has 2 bridgehead atoms. The summed E-state index contributed by atoms with van der Waals surface area (Å²) in [4.78, 5) is 100. The lowest BCUT2D eigenvalue weighted by molar-refractivity contribution is -0.346. The van der Waals surface area contributed by atoms with Crippen LogP contribution < -0.4 is 5.32 Å². The van der Waals surface area contributed by atoms with Gasteiger partial charge in [-0.2, -0.15) is 0 Å². The fraction of sp³-hybridized carbons (Fsp3) is 0.530. The van der Waals surface area contributed by atoms with Crippen molar-refractivity contribution in [2.45, 2.75) is 192 Å². The summed E-state index contributed by atoms with van der Waals surface area (Å²) in [5.41, 5.74) is -7.42. The minimum Gasteiger partial charge on any atom is -0.455 e. The van der Waals surface area contributed by atoms with Crippen molar-refractivity contribution < 1.29 is 76.9 Å². The number of benzene rings is 3. The number of aliphatic hydroxyl groups is 2. The zero-order valence-corrected chi connectivity index (χ0v) is 49.0. The molecular weight excluding hydrogens is 1060 g/mol. The van der Waals surface area contributed by atoms with Crippen LogP contribution in [0.4, 0.5) is 4.79 Å². The summed E-state index contributed by atoms with van der Waals surface area (Å²) in [7, 11) is 0. The summed E-state index contributed by atoms with van der Waals surface area (Å²) in [6, 6.07) is 22.9. The van der Waals surface area contributed by atoms with E-state index in [1.165, 1.54) is 45.2 Å². The molecule has 1 saturated heterocycles. The number of ether oxygens (including phenoxy) is 7. The Kier molecular flexibility index (Phi) is 21.9. The van der Waals surface area contributed by atoms with E-state index in [1.54, 1.807) is 92.7 Å². The predicted molar refractivity (Wildman–Crippen MR) is 307 cm³/mol. The van der Waals surface area contributed by atoms with Gasteiger partial charge in [0.1, 0.15) is 30.0 Å². The number of carbonyl (C=O) groups excluding carboxylic acids is 7. The molecule has 0 radical (unpaired) electrons. The van der Waals surface area contributed by atoms with Crippen LogP contribution in [0.25, 0.3) is 0 Å². The molecule has 3 aromatic carbocycles. The maximum atomic E-state index is 15.8. The number of esters is 4. The molecule has 1 heterocycles. The topological polar surface area (TPSA) is 237 Å². The summed E-state index contributed by atoms with van der Waals surface area (Å²) in [5.74, 6) is -7.01. The first-order chi connectivity index (χ1) is 39.7. The largest absolute Gasteiger partial charge is 0.509 e. The van der Waals surface area contributed by atoms with Crippen LogP contribution >= 0.6 is 0 Å². The molecule has 2 unspecified atom stereocenters. The number of rotatable bonds is 26. The molecule has 2 saturated carbocycles. The highest BCUT2D eigenvalue weighted by atomic mass is 16.7. The molecule has 11 atom stereocenters. The number of amides is 1. The van der Waals surface area contributed by atoms with Crippen molar-refractivity contribution in [3.63, 3.8) is 0 Å². The van der Waals surface area contributed by atoms with Crippen molar-refractivity contribution in [1.29, 1.82) is 0 Å². The Morgan fingerprint density at radius 1 is 0.747 bits per heavy atom. The number of aliphatic hydroxyl groups excluding tert-OH is 1. The lowest BCUT2D eigenvalue weighted by Crippen LogP contribution is -2.82. The fourth-order valence-electron chi connectivity index (χ4n) is 12.7. The van der Waals surface area contributed by atoms with Crippen LogP contribution in [0, 0.1) is 16.7 Å². The van der Waals surface area contributed by atoms with Crippen LogP contribution in [-0.2, 0) is 52.3 Å². The lowest BCUT2D eigenvalue weighted by atomic mass is 9.44. The molecule has 0 spiro atoms. The fourth-order valence-corrected chi connectivity index (χ4v) is 12.7. The maximum Gasteiger partial charge on any atom is 0.509 e. The van der Waals surface area contributed by atoms with Crippen molar-refractivity contribution in [2.24, 2.45) is 16.7 Å². The molecular formula is C66H83NO16. The normalized spacial score (nSPS) is 26.9.